The molecule has 1 N–H and O–H groups in total. The molecule has 15 heavy (non-hydrogen) atoms. The van der Waals surface area contributed by atoms with Crippen molar-refractivity contribution in [2.45, 2.75) is 58.5 Å². The van der Waals surface area contributed by atoms with Gasteiger partial charge in [-0.15, -0.1) is 0 Å². The van der Waals surface area contributed by atoms with E-state index in [1.807, 2.05) is 13.8 Å². The van der Waals surface area contributed by atoms with Crippen molar-refractivity contribution in [1.29, 1.82) is 0 Å². The summed E-state index contributed by atoms with van der Waals surface area (Å²) in [5.74, 6) is -0.159. The van der Waals surface area contributed by atoms with E-state index in [1.54, 1.807) is 0 Å². The van der Waals surface area contributed by atoms with Crippen LogP contribution in [0.25, 0.3) is 0 Å². The molecule has 0 bridgehead atoms. The van der Waals surface area contributed by atoms with E-state index in [-0.39, 0.29) is 0 Å². The van der Waals surface area contributed by atoms with E-state index in [1.165, 1.54) is 0 Å². The Balaban J connectivity index is 2.80. The predicted octanol–water partition coefficient (Wildman–Crippen LogP) is 2.36. The smallest absolute Gasteiger partial charge is 0.323 e. The SMILES string of the molecule is CCC(C)(C(=O)O)N(CC(C)C)C1CC1. The van der Waals surface area contributed by atoms with Crippen molar-refractivity contribution in [3.8, 4) is 0 Å². The maximum Gasteiger partial charge on any atom is 0.323 e. The molecule has 1 aliphatic carbocycles. The fourth-order valence-electron chi connectivity index (χ4n) is 2.01. The van der Waals surface area contributed by atoms with Crippen LogP contribution in [0.3, 0.4) is 0 Å². The van der Waals surface area contributed by atoms with Gasteiger partial charge in [0.1, 0.15) is 5.54 Å². The summed E-state index contributed by atoms with van der Waals surface area (Å²) in [5, 5.41) is 9.35. The fourth-order valence-corrected chi connectivity index (χ4v) is 2.01. The first kappa shape index (κ1) is 12.5. The van der Waals surface area contributed by atoms with Gasteiger partial charge in [0.25, 0.3) is 0 Å². The standard InChI is InChI=1S/C12H23NO2/c1-5-12(4,11(14)15)13(8-9(2)3)10-6-7-10/h9-10H,5-8H2,1-4H3,(H,14,15). The van der Waals surface area contributed by atoms with Crippen molar-refractivity contribution in [3.63, 3.8) is 0 Å². The quantitative estimate of drug-likeness (QED) is 0.736. The van der Waals surface area contributed by atoms with Crippen LogP contribution in [0, 0.1) is 5.92 Å². The summed E-state index contributed by atoms with van der Waals surface area (Å²) in [6, 6.07) is 0.508. The largest absolute Gasteiger partial charge is 0.480 e. The van der Waals surface area contributed by atoms with Crippen molar-refractivity contribution in [1.82, 2.24) is 4.90 Å². The fraction of sp³-hybridized carbons (Fsp3) is 0.917. The third-order valence-electron chi connectivity index (χ3n) is 3.33. The lowest BCUT2D eigenvalue weighted by atomic mass is 9.95. The summed E-state index contributed by atoms with van der Waals surface area (Å²) in [5.41, 5.74) is -0.675. The topological polar surface area (TPSA) is 40.5 Å². The molecule has 0 radical (unpaired) electrons. The number of aliphatic carboxylic acids is 1. The molecule has 1 saturated carbocycles. The summed E-state index contributed by atoms with van der Waals surface area (Å²) in [4.78, 5) is 13.6. The number of rotatable bonds is 6. The molecule has 1 rings (SSSR count). The van der Waals surface area contributed by atoms with Gasteiger partial charge in [-0.2, -0.15) is 0 Å². The molecule has 88 valence electrons. The van der Waals surface area contributed by atoms with E-state index in [0.717, 1.165) is 19.4 Å². The summed E-state index contributed by atoms with van der Waals surface area (Å²) < 4.78 is 0. The second-order valence-corrected chi connectivity index (χ2v) is 5.21. The maximum absolute atomic E-state index is 11.4. The van der Waals surface area contributed by atoms with Gasteiger partial charge in [-0.1, -0.05) is 20.8 Å². The Morgan fingerprint density at radius 3 is 2.33 bits per heavy atom. The van der Waals surface area contributed by atoms with Gasteiger partial charge in [0.15, 0.2) is 0 Å². The first-order valence-corrected chi connectivity index (χ1v) is 5.92. The predicted molar refractivity (Wildman–Crippen MR) is 60.9 cm³/mol. The van der Waals surface area contributed by atoms with Gasteiger partial charge in [-0.3, -0.25) is 9.69 Å². The Hall–Kier alpha value is -0.570. The normalized spacial score (nSPS) is 20.7. The summed E-state index contributed by atoms with van der Waals surface area (Å²) in [7, 11) is 0. The molecule has 3 heteroatoms. The van der Waals surface area contributed by atoms with Gasteiger partial charge in [-0.25, -0.2) is 0 Å². The Morgan fingerprint density at radius 1 is 1.53 bits per heavy atom. The Labute approximate surface area is 92.5 Å². The molecule has 1 atom stereocenters. The van der Waals surface area contributed by atoms with Gasteiger partial charge in [0.05, 0.1) is 0 Å². The molecule has 3 nitrogen and oxygen atoms in total. The minimum Gasteiger partial charge on any atom is -0.480 e. The number of hydrogen-bond donors (Lipinski definition) is 1. The van der Waals surface area contributed by atoms with Crippen LogP contribution in [0.1, 0.15) is 47.0 Å². The van der Waals surface area contributed by atoms with E-state index in [9.17, 15) is 9.90 Å². The zero-order valence-electron chi connectivity index (χ0n) is 10.3. The van der Waals surface area contributed by atoms with Crippen LogP contribution in [0.5, 0.6) is 0 Å². The number of nitrogens with zero attached hydrogens (tertiary/aromatic N) is 1. The van der Waals surface area contributed by atoms with E-state index in [0.29, 0.717) is 18.4 Å². The van der Waals surface area contributed by atoms with Crippen LogP contribution in [-0.4, -0.2) is 34.1 Å². The van der Waals surface area contributed by atoms with E-state index in [4.69, 9.17) is 0 Å². The minimum absolute atomic E-state index is 0.508. The van der Waals surface area contributed by atoms with Crippen molar-refractivity contribution in [2.24, 2.45) is 5.92 Å². The van der Waals surface area contributed by atoms with Crippen LogP contribution in [-0.2, 0) is 4.79 Å². The summed E-state index contributed by atoms with van der Waals surface area (Å²) >= 11 is 0. The Bertz CT molecular complexity index is 236. The average molecular weight is 213 g/mol. The number of carboxylic acids is 1. The number of hydrogen-bond acceptors (Lipinski definition) is 2. The molecule has 0 spiro atoms. The second-order valence-electron chi connectivity index (χ2n) is 5.21. The van der Waals surface area contributed by atoms with Gasteiger partial charge in [-0.05, 0) is 32.1 Å². The molecule has 1 aliphatic rings. The van der Waals surface area contributed by atoms with Crippen LogP contribution in [0.15, 0.2) is 0 Å². The number of carbonyl (C=O) groups is 1. The lowest BCUT2D eigenvalue weighted by Gasteiger charge is -2.38. The third kappa shape index (κ3) is 2.71. The van der Waals surface area contributed by atoms with Gasteiger partial charge in [0, 0.05) is 12.6 Å². The molecule has 0 aromatic carbocycles. The molecule has 1 unspecified atom stereocenters. The van der Waals surface area contributed by atoms with Crippen molar-refractivity contribution >= 4 is 5.97 Å². The molecule has 0 amide bonds. The van der Waals surface area contributed by atoms with E-state index >= 15 is 0 Å². The zero-order valence-corrected chi connectivity index (χ0v) is 10.3. The molecule has 0 heterocycles. The average Bonchev–Trinajstić information content (AvgIpc) is 2.95. The van der Waals surface area contributed by atoms with Crippen LogP contribution in [0.4, 0.5) is 0 Å². The molecule has 1 fully saturated rings. The Kier molecular flexibility index (Phi) is 3.77. The first-order valence-electron chi connectivity index (χ1n) is 5.92. The Morgan fingerprint density at radius 2 is 2.07 bits per heavy atom. The second kappa shape index (κ2) is 4.52. The highest BCUT2D eigenvalue weighted by atomic mass is 16.4. The van der Waals surface area contributed by atoms with Gasteiger partial charge >= 0.3 is 5.97 Å². The minimum atomic E-state index is -0.683. The zero-order chi connectivity index (χ0) is 11.6. The van der Waals surface area contributed by atoms with Crippen LogP contribution < -0.4 is 0 Å². The van der Waals surface area contributed by atoms with Gasteiger partial charge < -0.3 is 5.11 Å². The summed E-state index contributed by atoms with van der Waals surface area (Å²) in [6.45, 7) is 9.00. The molecule has 0 aliphatic heterocycles. The lowest BCUT2D eigenvalue weighted by Crippen LogP contribution is -2.54. The van der Waals surface area contributed by atoms with Crippen LogP contribution >= 0.6 is 0 Å². The van der Waals surface area contributed by atoms with E-state index in [2.05, 4.69) is 18.7 Å². The molecular formula is C12H23NO2. The van der Waals surface area contributed by atoms with Gasteiger partial charge in [0.2, 0.25) is 0 Å². The highest BCUT2D eigenvalue weighted by Crippen LogP contribution is 2.35. The van der Waals surface area contributed by atoms with E-state index < -0.39 is 11.5 Å². The third-order valence-corrected chi connectivity index (χ3v) is 3.33. The van der Waals surface area contributed by atoms with Crippen molar-refractivity contribution in [3.05, 3.63) is 0 Å². The maximum atomic E-state index is 11.4. The molecule has 0 aromatic rings. The molecule has 0 aromatic heterocycles. The number of carboxylic acid groups (broad SMARTS) is 1. The highest BCUT2D eigenvalue weighted by Gasteiger charge is 2.45. The van der Waals surface area contributed by atoms with Crippen molar-refractivity contribution < 1.29 is 9.90 Å². The van der Waals surface area contributed by atoms with Crippen LogP contribution in [0.2, 0.25) is 0 Å². The molecule has 0 saturated heterocycles. The summed E-state index contributed by atoms with van der Waals surface area (Å²) in [6.07, 6.45) is 3.00. The lowest BCUT2D eigenvalue weighted by molar-refractivity contribution is -0.151. The first-order chi connectivity index (χ1) is 6.91. The molecular weight excluding hydrogens is 190 g/mol. The highest BCUT2D eigenvalue weighted by molar-refractivity contribution is 5.78. The monoisotopic (exact) mass is 213 g/mol. The van der Waals surface area contributed by atoms with Crippen molar-refractivity contribution in [2.75, 3.05) is 6.54 Å².